The van der Waals surface area contributed by atoms with Gasteiger partial charge in [0, 0.05) is 31.9 Å². The highest BCUT2D eigenvalue weighted by Crippen LogP contribution is 2.41. The van der Waals surface area contributed by atoms with Gasteiger partial charge in [0.15, 0.2) is 0 Å². The summed E-state index contributed by atoms with van der Waals surface area (Å²) in [7, 11) is 3.92. The number of carbonyl (C=O) groups is 2. The Morgan fingerprint density at radius 2 is 1.76 bits per heavy atom. The molecule has 1 heterocycles. The molecule has 34 heavy (non-hydrogen) atoms. The second-order valence-electron chi connectivity index (χ2n) is 9.17. The van der Waals surface area contributed by atoms with Gasteiger partial charge in [0.05, 0.1) is 18.2 Å². The van der Waals surface area contributed by atoms with E-state index in [4.69, 9.17) is 4.74 Å². The molecule has 1 aliphatic heterocycles. The third kappa shape index (κ3) is 4.96. The molecule has 0 bridgehead atoms. The molecule has 0 aliphatic carbocycles. The molecule has 1 fully saturated rings. The lowest BCUT2D eigenvalue weighted by molar-refractivity contribution is -0.139. The van der Waals surface area contributed by atoms with Crippen LogP contribution in [0.2, 0.25) is 0 Å². The van der Waals surface area contributed by atoms with Crippen LogP contribution in [0, 0.1) is 0 Å². The molecule has 1 aliphatic rings. The van der Waals surface area contributed by atoms with Gasteiger partial charge in [-0.05, 0) is 60.7 Å². The van der Waals surface area contributed by atoms with Gasteiger partial charge in [0.1, 0.15) is 11.5 Å². The lowest BCUT2D eigenvalue weighted by Gasteiger charge is -2.26. The summed E-state index contributed by atoms with van der Waals surface area (Å²) in [6.45, 7) is 9.08. The zero-order valence-corrected chi connectivity index (χ0v) is 21.1. The van der Waals surface area contributed by atoms with Crippen LogP contribution in [0.3, 0.4) is 0 Å². The number of anilines is 1. The summed E-state index contributed by atoms with van der Waals surface area (Å²) < 4.78 is 5.75. The van der Waals surface area contributed by atoms with Gasteiger partial charge in [-0.15, -0.1) is 0 Å². The molecule has 2 aromatic carbocycles. The highest BCUT2D eigenvalue weighted by molar-refractivity contribution is 6.46. The minimum atomic E-state index is -0.643. The van der Waals surface area contributed by atoms with E-state index in [9.17, 15) is 14.7 Å². The molecule has 0 spiro atoms. The molecule has 3 rings (SSSR count). The largest absolute Gasteiger partial charge is 0.507 e. The van der Waals surface area contributed by atoms with Gasteiger partial charge in [-0.2, -0.15) is 0 Å². The summed E-state index contributed by atoms with van der Waals surface area (Å²) in [5, 5.41) is 11.4. The van der Waals surface area contributed by atoms with E-state index in [0.717, 1.165) is 35.4 Å². The Kier molecular flexibility index (Phi) is 8.02. The van der Waals surface area contributed by atoms with E-state index in [0.29, 0.717) is 18.7 Å². The minimum absolute atomic E-state index is 0.137. The number of rotatable bonds is 9. The van der Waals surface area contributed by atoms with Crippen molar-refractivity contribution >= 4 is 23.1 Å². The lowest BCUT2D eigenvalue weighted by atomic mass is 9.93. The van der Waals surface area contributed by atoms with Crippen LogP contribution in [0.25, 0.3) is 5.76 Å². The van der Waals surface area contributed by atoms with Crippen LogP contribution in [0.4, 0.5) is 5.69 Å². The van der Waals surface area contributed by atoms with E-state index in [2.05, 4.69) is 13.8 Å². The van der Waals surface area contributed by atoms with E-state index in [1.54, 1.807) is 11.0 Å². The average molecular weight is 465 g/mol. The van der Waals surface area contributed by atoms with Gasteiger partial charge < -0.3 is 19.6 Å². The molecular formula is C28H36N2O4. The molecule has 1 atom stereocenters. The Bertz CT molecular complexity index is 1070. The number of hydrogen-bond donors (Lipinski definition) is 1. The van der Waals surface area contributed by atoms with Crippen molar-refractivity contribution in [3.63, 3.8) is 0 Å². The molecule has 0 aromatic heterocycles. The Hall–Kier alpha value is -3.28. The lowest BCUT2D eigenvalue weighted by Crippen LogP contribution is -2.30. The maximum Gasteiger partial charge on any atom is 0.295 e. The molecule has 6 nitrogen and oxygen atoms in total. The van der Waals surface area contributed by atoms with Crippen molar-refractivity contribution in [2.75, 3.05) is 32.1 Å². The van der Waals surface area contributed by atoms with E-state index < -0.39 is 17.7 Å². The number of carbonyl (C=O) groups excluding carboxylic acids is 2. The van der Waals surface area contributed by atoms with Crippen molar-refractivity contribution in [1.29, 1.82) is 0 Å². The highest BCUT2D eigenvalue weighted by atomic mass is 16.5. The number of likely N-dealkylation sites (tertiary alicyclic amines) is 1. The molecule has 0 radical (unpaired) electrons. The first-order valence-electron chi connectivity index (χ1n) is 12.0. The van der Waals surface area contributed by atoms with Gasteiger partial charge in [0.25, 0.3) is 11.7 Å². The summed E-state index contributed by atoms with van der Waals surface area (Å²) in [6.07, 6.45) is 1.67. The summed E-state index contributed by atoms with van der Waals surface area (Å²) >= 11 is 0. The van der Waals surface area contributed by atoms with Crippen molar-refractivity contribution in [3.8, 4) is 5.75 Å². The Morgan fingerprint density at radius 3 is 2.32 bits per heavy atom. The Morgan fingerprint density at radius 1 is 1.09 bits per heavy atom. The summed E-state index contributed by atoms with van der Waals surface area (Å²) in [4.78, 5) is 29.8. The maximum absolute atomic E-state index is 13.2. The second-order valence-corrected chi connectivity index (χ2v) is 9.17. The van der Waals surface area contributed by atoms with E-state index in [1.165, 1.54) is 0 Å². The molecule has 1 N–H and O–H groups in total. The van der Waals surface area contributed by atoms with Crippen LogP contribution in [0.15, 0.2) is 48.0 Å². The standard InChI is InChI=1S/C28H36N2O4/c1-7-9-16-30-25(19-10-13-21(14-11-19)29(5)6)24(27(32)28(30)33)26(31)20-12-15-23(34-8-2)22(17-20)18(3)4/h10-15,17-18,25,31H,7-9,16H2,1-6H3/b26-24-. The normalized spacial score (nSPS) is 17.5. The van der Waals surface area contributed by atoms with E-state index in [-0.39, 0.29) is 17.3 Å². The van der Waals surface area contributed by atoms with Gasteiger partial charge >= 0.3 is 0 Å². The van der Waals surface area contributed by atoms with Gasteiger partial charge in [-0.25, -0.2) is 0 Å². The maximum atomic E-state index is 13.2. The molecular weight excluding hydrogens is 428 g/mol. The number of ether oxygens (including phenoxy) is 1. The molecule has 6 heteroatoms. The van der Waals surface area contributed by atoms with Crippen LogP contribution in [-0.4, -0.2) is 48.9 Å². The van der Waals surface area contributed by atoms with Crippen LogP contribution < -0.4 is 9.64 Å². The van der Waals surface area contributed by atoms with Gasteiger partial charge in [0.2, 0.25) is 0 Å². The fourth-order valence-corrected chi connectivity index (χ4v) is 4.33. The average Bonchev–Trinajstić information content (AvgIpc) is 3.07. The van der Waals surface area contributed by atoms with E-state index in [1.807, 2.05) is 69.2 Å². The van der Waals surface area contributed by atoms with Crippen molar-refractivity contribution in [1.82, 2.24) is 4.90 Å². The highest BCUT2D eigenvalue weighted by Gasteiger charge is 2.45. The Labute approximate surface area is 202 Å². The zero-order valence-electron chi connectivity index (χ0n) is 21.1. The summed E-state index contributed by atoms with van der Waals surface area (Å²) in [6, 6.07) is 12.6. The minimum Gasteiger partial charge on any atom is -0.507 e. The van der Waals surface area contributed by atoms with Crippen molar-refractivity contribution < 1.29 is 19.4 Å². The van der Waals surface area contributed by atoms with Crippen LogP contribution in [-0.2, 0) is 9.59 Å². The predicted molar refractivity (Wildman–Crippen MR) is 136 cm³/mol. The molecule has 0 saturated carbocycles. The fourth-order valence-electron chi connectivity index (χ4n) is 4.33. The first-order valence-corrected chi connectivity index (χ1v) is 12.0. The molecule has 1 amide bonds. The fraction of sp³-hybridized carbons (Fsp3) is 0.429. The van der Waals surface area contributed by atoms with Gasteiger partial charge in [-0.3, -0.25) is 9.59 Å². The second kappa shape index (κ2) is 10.8. The number of benzene rings is 2. The van der Waals surface area contributed by atoms with Crippen LogP contribution in [0.1, 0.15) is 69.2 Å². The molecule has 1 saturated heterocycles. The number of nitrogens with zero attached hydrogens (tertiary/aromatic N) is 2. The van der Waals surface area contributed by atoms with E-state index >= 15 is 0 Å². The third-order valence-electron chi connectivity index (χ3n) is 6.22. The number of ketones is 1. The van der Waals surface area contributed by atoms with Crippen LogP contribution in [0.5, 0.6) is 5.75 Å². The number of aliphatic hydroxyl groups excluding tert-OH is 1. The summed E-state index contributed by atoms with van der Waals surface area (Å²) in [5.74, 6) is -0.435. The Balaban J connectivity index is 2.16. The molecule has 182 valence electrons. The third-order valence-corrected chi connectivity index (χ3v) is 6.22. The monoisotopic (exact) mass is 464 g/mol. The zero-order chi connectivity index (χ0) is 25.0. The number of amides is 1. The first-order chi connectivity index (χ1) is 16.2. The first kappa shape index (κ1) is 25.3. The van der Waals surface area contributed by atoms with Crippen molar-refractivity contribution in [3.05, 3.63) is 64.7 Å². The number of hydrogen-bond acceptors (Lipinski definition) is 5. The van der Waals surface area contributed by atoms with Crippen molar-refractivity contribution in [2.45, 2.75) is 52.5 Å². The molecule has 1 unspecified atom stereocenters. The van der Waals surface area contributed by atoms with Crippen LogP contribution >= 0.6 is 0 Å². The topological polar surface area (TPSA) is 70.1 Å². The quantitative estimate of drug-likeness (QED) is 0.302. The number of unbranched alkanes of at least 4 members (excludes halogenated alkanes) is 1. The van der Waals surface area contributed by atoms with Gasteiger partial charge in [-0.1, -0.05) is 39.3 Å². The smallest absolute Gasteiger partial charge is 0.295 e. The number of aliphatic hydroxyl groups is 1. The SMILES string of the molecule is CCCCN1C(=O)C(=O)/C(=C(\O)c2ccc(OCC)c(C(C)C)c2)C1c1ccc(N(C)C)cc1. The molecule has 2 aromatic rings. The number of Topliss-reactive ketones (excluding diaryl/α,β-unsaturated/α-hetero) is 1. The van der Waals surface area contributed by atoms with Crippen molar-refractivity contribution in [2.24, 2.45) is 0 Å². The summed E-state index contributed by atoms with van der Waals surface area (Å²) in [5.41, 5.74) is 3.41. The predicted octanol–water partition coefficient (Wildman–Crippen LogP) is 5.50.